The van der Waals surface area contributed by atoms with Crippen LogP contribution < -0.4 is 32.7 Å². The Morgan fingerprint density at radius 1 is 0.614 bits per heavy atom. The molecule has 5 aromatic rings. The lowest BCUT2D eigenvalue weighted by molar-refractivity contribution is 0.0964. The molecule has 0 saturated carbocycles. The Bertz CT molecular complexity index is 1950. The molecule has 0 bridgehead atoms. The molecule has 0 aliphatic rings. The summed E-state index contributed by atoms with van der Waals surface area (Å²) in [7, 11) is 0. The van der Waals surface area contributed by atoms with Gasteiger partial charge < -0.3 is 8.83 Å². The van der Waals surface area contributed by atoms with Crippen LogP contribution in [0.25, 0.3) is 21.9 Å². The van der Waals surface area contributed by atoms with Crippen LogP contribution >= 0.6 is 24.4 Å². The van der Waals surface area contributed by atoms with E-state index in [1.54, 1.807) is 72.8 Å². The summed E-state index contributed by atoms with van der Waals surface area (Å²) >= 11 is 10.2. The lowest BCUT2D eigenvalue weighted by Crippen LogP contribution is -2.38. The maximum Gasteiger partial charge on any atom is 0.349 e. The molecule has 2 aromatic heterocycles. The first-order valence-electron chi connectivity index (χ1n) is 12.7. The van der Waals surface area contributed by atoms with E-state index in [2.05, 4.69) is 31.7 Å². The Kier molecular flexibility index (Phi) is 9.03. The molecular formula is C30H20N6O6S2. The molecule has 4 N–H and O–H groups in total. The number of hydrazone groups is 2. The monoisotopic (exact) mass is 624 g/mol. The quantitative estimate of drug-likeness (QED) is 0.0954. The molecule has 14 heteroatoms. The average molecular weight is 625 g/mol. The fraction of sp³-hybridized carbons (Fsp3) is 0. The number of rotatable bonds is 6. The number of nitrogens with zero attached hydrogens (tertiary/aromatic N) is 2. The van der Waals surface area contributed by atoms with Crippen LogP contribution in [-0.2, 0) is 0 Å². The summed E-state index contributed by atoms with van der Waals surface area (Å²) in [4.78, 5) is 49.3. The SMILES string of the molecule is O=C(NC(=S)N/N=C/c1ccc(/C=N/NC(=S)NC(=O)c2cc3ccccc3oc2=O)cc1)c1cc2ccccc2oc1=O. The van der Waals surface area contributed by atoms with Crippen molar-refractivity contribution in [3.8, 4) is 0 Å². The fourth-order valence-corrected chi connectivity index (χ4v) is 4.13. The maximum absolute atomic E-state index is 12.5. The van der Waals surface area contributed by atoms with Crippen LogP contribution in [0, 0.1) is 0 Å². The summed E-state index contributed by atoms with van der Waals surface area (Å²) in [6.45, 7) is 0. The molecule has 2 amide bonds. The van der Waals surface area contributed by atoms with Gasteiger partial charge in [0.1, 0.15) is 22.3 Å². The highest BCUT2D eigenvalue weighted by atomic mass is 32.1. The van der Waals surface area contributed by atoms with E-state index in [0.717, 1.165) is 0 Å². The van der Waals surface area contributed by atoms with Crippen LogP contribution in [0.2, 0.25) is 0 Å². The summed E-state index contributed by atoms with van der Waals surface area (Å²) in [6.07, 6.45) is 2.94. The lowest BCUT2D eigenvalue weighted by Gasteiger charge is -2.06. The Hall–Kier alpha value is -5.86. The Balaban J connectivity index is 1.09. The molecule has 0 aliphatic heterocycles. The second-order valence-corrected chi connectivity index (χ2v) is 9.76. The topological polar surface area (TPSA) is 167 Å². The minimum Gasteiger partial charge on any atom is -0.422 e. The Labute approximate surface area is 258 Å². The van der Waals surface area contributed by atoms with Crippen molar-refractivity contribution in [2.75, 3.05) is 0 Å². The predicted octanol–water partition coefficient (Wildman–Crippen LogP) is 3.18. The maximum atomic E-state index is 12.5. The lowest BCUT2D eigenvalue weighted by atomic mass is 10.2. The number of nitrogens with one attached hydrogen (secondary N) is 4. The molecule has 0 atom stereocenters. The highest BCUT2D eigenvalue weighted by Gasteiger charge is 2.16. The van der Waals surface area contributed by atoms with Gasteiger partial charge in [0.25, 0.3) is 11.8 Å². The van der Waals surface area contributed by atoms with E-state index in [4.69, 9.17) is 33.3 Å². The van der Waals surface area contributed by atoms with Gasteiger partial charge in [-0.15, -0.1) is 0 Å². The number of hydrogen-bond donors (Lipinski definition) is 4. The van der Waals surface area contributed by atoms with Crippen molar-refractivity contribution in [3.05, 3.63) is 128 Å². The van der Waals surface area contributed by atoms with Crippen LogP contribution in [0.1, 0.15) is 31.8 Å². The number of carbonyl (C=O) groups is 2. The molecular weight excluding hydrogens is 605 g/mol. The van der Waals surface area contributed by atoms with Crippen molar-refractivity contribution >= 4 is 80.8 Å². The van der Waals surface area contributed by atoms with Gasteiger partial charge in [0.15, 0.2) is 10.2 Å². The van der Waals surface area contributed by atoms with Gasteiger partial charge >= 0.3 is 11.3 Å². The zero-order valence-corrected chi connectivity index (χ0v) is 24.0. The van der Waals surface area contributed by atoms with Crippen LogP contribution in [0.15, 0.2) is 114 Å². The highest BCUT2D eigenvalue weighted by Crippen LogP contribution is 2.13. The van der Waals surface area contributed by atoms with Crippen molar-refractivity contribution in [1.29, 1.82) is 0 Å². The third-order valence-corrected chi connectivity index (χ3v) is 6.31. The number of para-hydroxylation sites is 2. The summed E-state index contributed by atoms with van der Waals surface area (Å²) in [6, 6.07) is 23.5. The Morgan fingerprint density at radius 2 is 1.00 bits per heavy atom. The zero-order chi connectivity index (χ0) is 31.1. The van der Waals surface area contributed by atoms with Gasteiger partial charge in [0.2, 0.25) is 0 Å². The molecule has 218 valence electrons. The zero-order valence-electron chi connectivity index (χ0n) is 22.4. The van der Waals surface area contributed by atoms with Crippen molar-refractivity contribution in [2.45, 2.75) is 0 Å². The van der Waals surface area contributed by atoms with E-state index in [0.29, 0.717) is 33.1 Å². The van der Waals surface area contributed by atoms with Crippen molar-refractivity contribution in [2.24, 2.45) is 10.2 Å². The van der Waals surface area contributed by atoms with E-state index in [9.17, 15) is 19.2 Å². The van der Waals surface area contributed by atoms with Gasteiger partial charge in [-0.1, -0.05) is 60.7 Å². The van der Waals surface area contributed by atoms with Gasteiger partial charge in [-0.2, -0.15) is 10.2 Å². The molecule has 3 aromatic carbocycles. The second-order valence-electron chi connectivity index (χ2n) is 8.94. The molecule has 0 spiro atoms. The van der Waals surface area contributed by atoms with Crippen molar-refractivity contribution in [1.82, 2.24) is 21.5 Å². The normalized spacial score (nSPS) is 11.1. The van der Waals surface area contributed by atoms with Crippen molar-refractivity contribution < 1.29 is 18.4 Å². The summed E-state index contributed by atoms with van der Waals surface area (Å²) in [5.41, 5.74) is 5.22. The standard InChI is InChI=1S/C30H20N6O6S2/c37-25(21-13-19-5-1-3-7-23(19)41-27(21)39)33-29(43)35-31-15-17-9-11-18(12-10-17)16-32-36-30(44)34-26(38)22-14-20-6-2-4-8-24(20)42-28(22)40/h1-16H,(H2,33,35,37,43)(H2,34,36,38,44)/b31-15+,32-16+. The molecule has 0 saturated heterocycles. The molecule has 0 unspecified atom stereocenters. The smallest absolute Gasteiger partial charge is 0.349 e. The van der Waals surface area contributed by atoms with Gasteiger partial charge in [0.05, 0.1) is 12.4 Å². The third kappa shape index (κ3) is 7.31. The van der Waals surface area contributed by atoms with Gasteiger partial charge in [-0.3, -0.25) is 31.1 Å². The first kappa shape index (κ1) is 29.6. The van der Waals surface area contributed by atoms with E-state index in [1.807, 2.05) is 0 Å². The summed E-state index contributed by atoms with van der Waals surface area (Å²) in [5.74, 6) is -1.46. The number of hydrogen-bond acceptors (Lipinski definition) is 10. The third-order valence-electron chi connectivity index (χ3n) is 5.92. The van der Waals surface area contributed by atoms with Crippen molar-refractivity contribution in [3.63, 3.8) is 0 Å². The van der Waals surface area contributed by atoms with Crippen LogP contribution in [0.5, 0.6) is 0 Å². The molecule has 2 heterocycles. The summed E-state index contributed by atoms with van der Waals surface area (Å²) in [5, 5.41) is 13.7. The summed E-state index contributed by atoms with van der Waals surface area (Å²) < 4.78 is 10.3. The predicted molar refractivity (Wildman–Crippen MR) is 173 cm³/mol. The molecule has 0 fully saturated rings. The first-order valence-corrected chi connectivity index (χ1v) is 13.5. The number of amides is 2. The van der Waals surface area contributed by atoms with Crippen LogP contribution in [0.3, 0.4) is 0 Å². The van der Waals surface area contributed by atoms with Crippen LogP contribution in [-0.4, -0.2) is 34.5 Å². The number of thiocarbonyl (C=S) groups is 2. The van der Waals surface area contributed by atoms with Gasteiger partial charge in [0, 0.05) is 10.8 Å². The van der Waals surface area contributed by atoms with Crippen LogP contribution in [0.4, 0.5) is 0 Å². The molecule has 0 radical (unpaired) electrons. The second kappa shape index (κ2) is 13.4. The Morgan fingerprint density at radius 3 is 1.41 bits per heavy atom. The van der Waals surface area contributed by atoms with Gasteiger partial charge in [-0.05, 0) is 59.8 Å². The fourth-order valence-electron chi connectivity index (χ4n) is 3.84. The number of fused-ring (bicyclic) bond motifs is 2. The highest BCUT2D eigenvalue weighted by molar-refractivity contribution is 7.80. The van der Waals surface area contributed by atoms with E-state index in [-0.39, 0.29) is 21.4 Å². The molecule has 12 nitrogen and oxygen atoms in total. The van der Waals surface area contributed by atoms with Gasteiger partial charge in [-0.25, -0.2) is 9.59 Å². The molecule has 5 rings (SSSR count). The van der Waals surface area contributed by atoms with E-state index in [1.165, 1.54) is 24.6 Å². The average Bonchev–Trinajstić information content (AvgIpc) is 3.01. The largest absolute Gasteiger partial charge is 0.422 e. The molecule has 44 heavy (non-hydrogen) atoms. The number of carbonyl (C=O) groups excluding carboxylic acids is 2. The van der Waals surface area contributed by atoms with E-state index >= 15 is 0 Å². The first-order chi connectivity index (χ1) is 21.3. The van der Waals surface area contributed by atoms with E-state index < -0.39 is 23.1 Å². The minimum atomic E-state index is -0.784. The molecule has 0 aliphatic carbocycles. The minimum absolute atomic E-state index is 0.113. The number of benzene rings is 3.